The maximum Gasteiger partial charge on any atom is 0.270 e. The van der Waals surface area contributed by atoms with Crippen LogP contribution in [-0.4, -0.2) is 52.0 Å². The Balaban J connectivity index is 2.99. The Morgan fingerprint density at radius 2 is 2.00 bits per heavy atom. The molecule has 0 heterocycles. The fourth-order valence-corrected chi connectivity index (χ4v) is 1.74. The van der Waals surface area contributed by atoms with E-state index in [-0.39, 0.29) is 17.8 Å². The molecule has 0 aromatic heterocycles. The Bertz CT molecular complexity index is 515. The predicted molar refractivity (Wildman–Crippen MR) is 77.6 cm³/mol. The van der Waals surface area contributed by atoms with Crippen LogP contribution in [0.25, 0.3) is 0 Å². The number of nitro groups is 1. The zero-order valence-electron chi connectivity index (χ0n) is 12.5. The summed E-state index contributed by atoms with van der Waals surface area (Å²) in [6.07, 6.45) is -0.574. The first-order chi connectivity index (χ1) is 9.90. The Kier molecular flexibility index (Phi) is 6.07. The highest BCUT2D eigenvalue weighted by Gasteiger charge is 2.18. The van der Waals surface area contributed by atoms with Gasteiger partial charge in [-0.15, -0.1) is 0 Å². The molecule has 8 heteroatoms. The fourth-order valence-electron chi connectivity index (χ4n) is 1.74. The molecule has 0 unspecified atom stereocenters. The normalized spacial score (nSPS) is 10.5. The zero-order valence-corrected chi connectivity index (χ0v) is 12.5. The number of carbonyl (C=O) groups excluding carboxylic acids is 1. The summed E-state index contributed by atoms with van der Waals surface area (Å²) in [6.45, 7) is 0.140. The molecule has 8 nitrogen and oxygen atoms in total. The Morgan fingerprint density at radius 1 is 1.38 bits per heavy atom. The number of amides is 1. The average Bonchev–Trinajstić information content (AvgIpc) is 2.47. The second-order valence-electron chi connectivity index (χ2n) is 4.46. The van der Waals surface area contributed by atoms with E-state index in [1.165, 1.54) is 32.4 Å². The van der Waals surface area contributed by atoms with Crippen molar-refractivity contribution in [3.63, 3.8) is 0 Å². The molecule has 0 atom stereocenters. The number of nitrogens with zero attached hydrogens (tertiary/aromatic N) is 2. The van der Waals surface area contributed by atoms with Gasteiger partial charge in [-0.3, -0.25) is 14.9 Å². The zero-order chi connectivity index (χ0) is 16.0. The third kappa shape index (κ3) is 4.40. The number of ether oxygens (including phenoxy) is 2. The van der Waals surface area contributed by atoms with Gasteiger partial charge in [0.15, 0.2) is 6.29 Å². The van der Waals surface area contributed by atoms with E-state index in [1.54, 1.807) is 19.0 Å². The van der Waals surface area contributed by atoms with E-state index in [9.17, 15) is 14.9 Å². The summed E-state index contributed by atoms with van der Waals surface area (Å²) in [4.78, 5) is 24.2. The summed E-state index contributed by atoms with van der Waals surface area (Å²) in [6, 6.07) is 4.15. The molecule has 1 aromatic carbocycles. The van der Waals surface area contributed by atoms with Gasteiger partial charge in [-0.05, 0) is 6.07 Å². The van der Waals surface area contributed by atoms with E-state index < -0.39 is 17.1 Å². The molecule has 0 aliphatic heterocycles. The maximum absolute atomic E-state index is 12.2. The lowest BCUT2D eigenvalue weighted by Crippen LogP contribution is -2.34. The number of non-ortho nitro benzene ring substituents is 1. The highest BCUT2D eigenvalue weighted by atomic mass is 16.7. The number of benzene rings is 1. The maximum atomic E-state index is 12.2. The van der Waals surface area contributed by atoms with Crippen molar-refractivity contribution in [2.24, 2.45) is 0 Å². The van der Waals surface area contributed by atoms with Gasteiger partial charge in [-0.2, -0.15) is 0 Å². The van der Waals surface area contributed by atoms with Gasteiger partial charge in [0.25, 0.3) is 11.6 Å². The molecule has 21 heavy (non-hydrogen) atoms. The number of carbonyl (C=O) groups is 1. The Morgan fingerprint density at radius 3 is 2.48 bits per heavy atom. The van der Waals surface area contributed by atoms with Crippen LogP contribution in [0.2, 0.25) is 0 Å². The molecule has 0 radical (unpaired) electrons. The van der Waals surface area contributed by atoms with Crippen LogP contribution in [0.15, 0.2) is 18.2 Å². The van der Waals surface area contributed by atoms with Gasteiger partial charge in [-0.1, -0.05) is 0 Å². The first-order valence-electron chi connectivity index (χ1n) is 6.20. The SMILES string of the molecule is COC(CNC(=O)c1cc([N+](=O)[O-])ccc1N(C)C)OC. The summed E-state index contributed by atoms with van der Waals surface area (Å²) < 4.78 is 9.94. The van der Waals surface area contributed by atoms with Crippen LogP contribution in [0.4, 0.5) is 11.4 Å². The summed E-state index contributed by atoms with van der Waals surface area (Å²) in [5.74, 6) is -0.429. The van der Waals surface area contributed by atoms with E-state index in [2.05, 4.69) is 5.32 Å². The third-order valence-electron chi connectivity index (χ3n) is 2.87. The molecule has 1 rings (SSSR count). The quantitative estimate of drug-likeness (QED) is 0.458. The number of nitro benzene ring substituents is 1. The molecule has 0 fully saturated rings. The van der Waals surface area contributed by atoms with E-state index >= 15 is 0 Å². The van der Waals surface area contributed by atoms with Gasteiger partial charge in [0, 0.05) is 46.1 Å². The van der Waals surface area contributed by atoms with Crippen LogP contribution in [0.5, 0.6) is 0 Å². The molecule has 0 bridgehead atoms. The average molecular weight is 297 g/mol. The minimum absolute atomic E-state index is 0.138. The van der Waals surface area contributed by atoms with E-state index in [4.69, 9.17) is 9.47 Å². The molecule has 1 N–H and O–H groups in total. The van der Waals surface area contributed by atoms with E-state index in [1.807, 2.05) is 0 Å². The monoisotopic (exact) mass is 297 g/mol. The van der Waals surface area contributed by atoms with Crippen molar-refractivity contribution < 1.29 is 19.2 Å². The van der Waals surface area contributed by atoms with Gasteiger partial charge in [0.05, 0.1) is 17.0 Å². The van der Waals surface area contributed by atoms with Crippen molar-refractivity contribution in [3.8, 4) is 0 Å². The number of hydrogen-bond donors (Lipinski definition) is 1. The lowest BCUT2D eigenvalue weighted by molar-refractivity contribution is -0.384. The minimum atomic E-state index is -0.574. The van der Waals surface area contributed by atoms with Crippen LogP contribution in [0.3, 0.4) is 0 Å². The molecular weight excluding hydrogens is 278 g/mol. The first-order valence-corrected chi connectivity index (χ1v) is 6.20. The van der Waals surface area contributed by atoms with Crippen molar-refractivity contribution in [3.05, 3.63) is 33.9 Å². The van der Waals surface area contributed by atoms with Crippen molar-refractivity contribution in [2.45, 2.75) is 6.29 Å². The number of hydrogen-bond acceptors (Lipinski definition) is 6. The van der Waals surface area contributed by atoms with Gasteiger partial charge in [-0.25, -0.2) is 0 Å². The molecular formula is C13H19N3O5. The predicted octanol–water partition coefficient (Wildman–Crippen LogP) is 1.01. The second kappa shape index (κ2) is 7.55. The number of methoxy groups -OCH3 is 2. The van der Waals surface area contributed by atoms with Crippen LogP contribution < -0.4 is 10.2 Å². The fraction of sp³-hybridized carbons (Fsp3) is 0.462. The van der Waals surface area contributed by atoms with E-state index in [0.29, 0.717) is 5.69 Å². The standard InChI is InChI=1S/C13H19N3O5/c1-15(2)11-6-5-9(16(18)19)7-10(11)13(17)14-8-12(20-3)21-4/h5-7,12H,8H2,1-4H3,(H,14,17). The lowest BCUT2D eigenvalue weighted by atomic mass is 10.1. The van der Waals surface area contributed by atoms with E-state index in [0.717, 1.165) is 0 Å². The summed E-state index contributed by atoms with van der Waals surface area (Å²) in [7, 11) is 6.42. The third-order valence-corrected chi connectivity index (χ3v) is 2.87. The second-order valence-corrected chi connectivity index (χ2v) is 4.46. The molecule has 0 aliphatic rings. The van der Waals surface area contributed by atoms with Gasteiger partial charge in [0.1, 0.15) is 0 Å². The van der Waals surface area contributed by atoms with Crippen LogP contribution in [0.1, 0.15) is 10.4 Å². The molecule has 0 aliphatic carbocycles. The number of anilines is 1. The van der Waals surface area contributed by atoms with Crippen molar-refractivity contribution in [2.75, 3.05) is 39.8 Å². The van der Waals surface area contributed by atoms with Gasteiger partial charge in [0.2, 0.25) is 0 Å². The summed E-state index contributed by atoms with van der Waals surface area (Å²) >= 11 is 0. The number of rotatable bonds is 7. The molecule has 0 saturated heterocycles. The van der Waals surface area contributed by atoms with Gasteiger partial charge >= 0.3 is 0 Å². The molecule has 0 spiro atoms. The molecule has 1 amide bonds. The smallest absolute Gasteiger partial charge is 0.270 e. The Labute approximate surface area is 122 Å². The highest BCUT2D eigenvalue weighted by Crippen LogP contribution is 2.24. The number of nitrogens with one attached hydrogen (secondary N) is 1. The summed E-state index contributed by atoms with van der Waals surface area (Å²) in [5, 5.41) is 13.5. The van der Waals surface area contributed by atoms with Crippen LogP contribution in [-0.2, 0) is 9.47 Å². The van der Waals surface area contributed by atoms with Crippen LogP contribution in [0, 0.1) is 10.1 Å². The summed E-state index contributed by atoms with van der Waals surface area (Å²) in [5.41, 5.74) is 0.672. The van der Waals surface area contributed by atoms with Crippen LogP contribution >= 0.6 is 0 Å². The van der Waals surface area contributed by atoms with Crippen molar-refractivity contribution >= 4 is 17.3 Å². The Hall–Kier alpha value is -2.19. The molecule has 0 saturated carbocycles. The van der Waals surface area contributed by atoms with Crippen molar-refractivity contribution in [1.29, 1.82) is 0 Å². The lowest BCUT2D eigenvalue weighted by Gasteiger charge is -2.18. The molecule has 1 aromatic rings. The minimum Gasteiger partial charge on any atom is -0.377 e. The highest BCUT2D eigenvalue weighted by molar-refractivity contribution is 6.00. The van der Waals surface area contributed by atoms with Gasteiger partial charge < -0.3 is 19.7 Å². The van der Waals surface area contributed by atoms with Crippen molar-refractivity contribution in [1.82, 2.24) is 5.32 Å². The largest absolute Gasteiger partial charge is 0.377 e. The topological polar surface area (TPSA) is 93.9 Å². The molecule has 116 valence electrons. The first kappa shape index (κ1) is 16.9.